The predicted octanol–water partition coefficient (Wildman–Crippen LogP) is 3.52. The van der Waals surface area contributed by atoms with Crippen LogP contribution in [0.15, 0.2) is 33.6 Å². The summed E-state index contributed by atoms with van der Waals surface area (Å²) >= 11 is 3.18. The van der Waals surface area contributed by atoms with Crippen molar-refractivity contribution in [2.45, 2.75) is 43.3 Å². The SMILES string of the molecule is O=S(=O)(NCCn1nc(C(F)(F)F)c2c1CCCC2)c1ccccc1Br. The average molecular weight is 452 g/mol. The van der Waals surface area contributed by atoms with Crippen LogP contribution in [0.5, 0.6) is 0 Å². The summed E-state index contributed by atoms with van der Waals surface area (Å²) in [4.78, 5) is 0.0819. The molecule has 1 aromatic carbocycles. The third kappa shape index (κ3) is 3.96. The van der Waals surface area contributed by atoms with Gasteiger partial charge in [-0.25, -0.2) is 13.1 Å². The maximum absolute atomic E-state index is 13.2. The van der Waals surface area contributed by atoms with Crippen LogP contribution >= 0.6 is 15.9 Å². The van der Waals surface area contributed by atoms with E-state index in [0.29, 0.717) is 29.4 Å². The second-order valence-corrected chi connectivity index (χ2v) is 8.62. The lowest BCUT2D eigenvalue weighted by atomic mass is 9.95. The number of fused-ring (bicyclic) bond motifs is 1. The molecule has 0 bridgehead atoms. The predicted molar refractivity (Wildman–Crippen MR) is 93.2 cm³/mol. The molecular formula is C16H17BrF3N3O2S. The first-order valence-electron chi connectivity index (χ1n) is 8.10. The number of benzene rings is 1. The molecule has 5 nitrogen and oxygen atoms in total. The molecule has 1 heterocycles. The number of rotatable bonds is 5. The second kappa shape index (κ2) is 7.32. The lowest BCUT2D eigenvalue weighted by Crippen LogP contribution is -2.28. The molecule has 142 valence electrons. The smallest absolute Gasteiger partial charge is 0.267 e. The molecule has 0 spiro atoms. The van der Waals surface area contributed by atoms with Gasteiger partial charge < -0.3 is 0 Å². The molecule has 2 aromatic rings. The molecule has 0 radical (unpaired) electrons. The highest BCUT2D eigenvalue weighted by atomic mass is 79.9. The zero-order valence-electron chi connectivity index (χ0n) is 13.7. The summed E-state index contributed by atoms with van der Waals surface area (Å²) in [6.45, 7) is -0.00280. The Balaban J connectivity index is 1.77. The van der Waals surface area contributed by atoms with Gasteiger partial charge in [-0.3, -0.25) is 4.68 Å². The summed E-state index contributed by atoms with van der Waals surface area (Å²) in [6, 6.07) is 6.34. The number of nitrogens with zero attached hydrogens (tertiary/aromatic N) is 2. The van der Waals surface area contributed by atoms with Gasteiger partial charge in [0.05, 0.1) is 11.4 Å². The molecule has 0 saturated heterocycles. The Labute approximate surface area is 157 Å². The largest absolute Gasteiger partial charge is 0.435 e. The van der Waals surface area contributed by atoms with E-state index in [4.69, 9.17) is 0 Å². The third-order valence-corrected chi connectivity index (χ3v) is 6.74. The zero-order valence-corrected chi connectivity index (χ0v) is 16.1. The molecule has 1 aromatic heterocycles. The van der Waals surface area contributed by atoms with Gasteiger partial charge in [0.25, 0.3) is 0 Å². The van der Waals surface area contributed by atoms with Crippen molar-refractivity contribution in [3.05, 3.63) is 45.7 Å². The highest BCUT2D eigenvalue weighted by molar-refractivity contribution is 9.10. The van der Waals surface area contributed by atoms with Gasteiger partial charge in [0, 0.05) is 22.3 Å². The molecule has 26 heavy (non-hydrogen) atoms. The minimum Gasteiger partial charge on any atom is -0.267 e. The maximum atomic E-state index is 13.2. The van der Waals surface area contributed by atoms with Gasteiger partial charge in [-0.15, -0.1) is 0 Å². The van der Waals surface area contributed by atoms with Crippen molar-refractivity contribution in [3.8, 4) is 0 Å². The number of alkyl halides is 3. The number of aromatic nitrogens is 2. The first kappa shape index (κ1) is 19.4. The Bertz CT molecular complexity index is 910. The van der Waals surface area contributed by atoms with E-state index in [1.807, 2.05) is 0 Å². The van der Waals surface area contributed by atoms with Crippen LogP contribution in [0, 0.1) is 0 Å². The molecule has 0 unspecified atom stereocenters. The quantitative estimate of drug-likeness (QED) is 0.756. The fourth-order valence-electron chi connectivity index (χ4n) is 3.11. The maximum Gasteiger partial charge on any atom is 0.435 e. The zero-order chi connectivity index (χ0) is 18.9. The van der Waals surface area contributed by atoms with Crippen molar-refractivity contribution >= 4 is 26.0 Å². The van der Waals surface area contributed by atoms with Crippen molar-refractivity contribution in [1.82, 2.24) is 14.5 Å². The molecular weight excluding hydrogens is 435 g/mol. The van der Waals surface area contributed by atoms with Crippen LogP contribution < -0.4 is 4.72 Å². The topological polar surface area (TPSA) is 64.0 Å². The van der Waals surface area contributed by atoms with E-state index in [-0.39, 0.29) is 23.5 Å². The Morgan fingerprint density at radius 3 is 2.58 bits per heavy atom. The Hall–Kier alpha value is -1.39. The molecule has 10 heteroatoms. The van der Waals surface area contributed by atoms with Crippen molar-refractivity contribution in [2.75, 3.05) is 6.54 Å². The van der Waals surface area contributed by atoms with Gasteiger partial charge in [-0.2, -0.15) is 18.3 Å². The van der Waals surface area contributed by atoms with Crippen LogP contribution in [0.3, 0.4) is 0 Å². The first-order chi connectivity index (χ1) is 12.2. The van der Waals surface area contributed by atoms with Crippen LogP contribution in [0.1, 0.15) is 29.8 Å². The monoisotopic (exact) mass is 451 g/mol. The Morgan fingerprint density at radius 2 is 1.88 bits per heavy atom. The van der Waals surface area contributed by atoms with E-state index in [2.05, 4.69) is 25.8 Å². The van der Waals surface area contributed by atoms with Crippen LogP contribution in [-0.2, 0) is 35.6 Å². The van der Waals surface area contributed by atoms with Crippen molar-refractivity contribution < 1.29 is 21.6 Å². The van der Waals surface area contributed by atoms with Crippen LogP contribution in [0.25, 0.3) is 0 Å². The van der Waals surface area contributed by atoms with E-state index in [1.165, 1.54) is 10.7 Å². The van der Waals surface area contributed by atoms with Gasteiger partial charge >= 0.3 is 6.18 Å². The summed E-state index contributed by atoms with van der Waals surface area (Å²) in [5, 5.41) is 3.72. The minimum absolute atomic E-state index is 0.0437. The number of sulfonamides is 1. The van der Waals surface area contributed by atoms with E-state index >= 15 is 0 Å². The van der Waals surface area contributed by atoms with Crippen molar-refractivity contribution in [1.29, 1.82) is 0 Å². The van der Waals surface area contributed by atoms with E-state index in [0.717, 1.165) is 6.42 Å². The van der Waals surface area contributed by atoms with Gasteiger partial charge in [-0.1, -0.05) is 12.1 Å². The molecule has 0 saturated carbocycles. The Morgan fingerprint density at radius 1 is 1.19 bits per heavy atom. The summed E-state index contributed by atoms with van der Waals surface area (Å²) in [7, 11) is -3.76. The fourth-order valence-corrected chi connectivity index (χ4v) is 5.13. The standard InChI is InChI=1S/C16H17BrF3N3O2S/c17-12-6-2-4-8-14(12)26(24,25)21-9-10-23-13-7-3-1-5-11(13)15(22-23)16(18,19)20/h2,4,6,8,21H,1,3,5,7,9-10H2. The molecule has 0 fully saturated rings. The van der Waals surface area contributed by atoms with Gasteiger partial charge in [0.1, 0.15) is 0 Å². The molecule has 1 aliphatic rings. The summed E-state index contributed by atoms with van der Waals surface area (Å²) < 4.78 is 68.3. The second-order valence-electron chi connectivity index (χ2n) is 6.03. The van der Waals surface area contributed by atoms with E-state index < -0.39 is 21.9 Å². The lowest BCUT2D eigenvalue weighted by Gasteiger charge is -2.15. The highest BCUT2D eigenvalue weighted by Gasteiger charge is 2.39. The minimum atomic E-state index is -4.50. The molecule has 0 aliphatic heterocycles. The van der Waals surface area contributed by atoms with E-state index in [9.17, 15) is 21.6 Å². The molecule has 1 aliphatic carbocycles. The van der Waals surface area contributed by atoms with Gasteiger partial charge in [-0.05, 0) is 53.7 Å². The Kier molecular flexibility index (Phi) is 5.45. The molecule has 0 amide bonds. The molecule has 3 rings (SSSR count). The number of halogens is 4. The molecule has 0 atom stereocenters. The first-order valence-corrected chi connectivity index (χ1v) is 10.4. The average Bonchev–Trinajstić information content (AvgIpc) is 2.94. The number of hydrogen-bond donors (Lipinski definition) is 1. The van der Waals surface area contributed by atoms with Crippen LogP contribution in [0.4, 0.5) is 13.2 Å². The number of nitrogens with one attached hydrogen (secondary N) is 1. The van der Waals surface area contributed by atoms with E-state index in [1.54, 1.807) is 18.2 Å². The lowest BCUT2D eigenvalue weighted by molar-refractivity contribution is -0.142. The summed E-state index contributed by atoms with van der Waals surface area (Å²) in [5.74, 6) is 0. The van der Waals surface area contributed by atoms with Crippen LogP contribution in [0.2, 0.25) is 0 Å². The normalized spacial score (nSPS) is 15.1. The van der Waals surface area contributed by atoms with Gasteiger partial charge in [0.15, 0.2) is 5.69 Å². The van der Waals surface area contributed by atoms with Crippen LogP contribution in [-0.4, -0.2) is 24.7 Å². The summed E-state index contributed by atoms with van der Waals surface area (Å²) in [5.41, 5.74) is -0.0399. The summed E-state index contributed by atoms with van der Waals surface area (Å²) in [6.07, 6.45) is -2.11. The van der Waals surface area contributed by atoms with Crippen molar-refractivity contribution in [2.24, 2.45) is 0 Å². The molecule has 1 N–H and O–H groups in total. The third-order valence-electron chi connectivity index (χ3n) is 4.27. The number of hydrogen-bond acceptors (Lipinski definition) is 3. The van der Waals surface area contributed by atoms with Crippen molar-refractivity contribution in [3.63, 3.8) is 0 Å². The van der Waals surface area contributed by atoms with Gasteiger partial charge in [0.2, 0.25) is 10.0 Å². The highest BCUT2D eigenvalue weighted by Crippen LogP contribution is 2.35. The fraction of sp³-hybridized carbons (Fsp3) is 0.438.